The number of rotatable bonds is 19. The van der Waals surface area contributed by atoms with Gasteiger partial charge in [0.05, 0.1) is 30.9 Å². The molecule has 8 rings (SSSR count). The Morgan fingerprint density at radius 1 is 0.476 bits per heavy atom. The standard InChI is InChI=1S/C21H25NO3.C21H23NO3.C14H21NO2.B.2Na.H2O.S7.S6.H/c2*23-15-12-19(16-25-21(24)18-6-2-1-3-7-18)17-8-10-20(11-9-17)22-13-4-5-14-22;16-10-7-13(11-17)12-3-5-14(6-4-12)15-8-1-2-9-15;;;;;1-3-5-7-6-4-2;1-3-5-6-4-2;/h1-3,6-11,19,23H,4-5,12-16H2;1-3,6-11,15,19H,4-5,12-14,16H2;3-6,13,16-17H,1-2,7-11H2;;;;1H2;;;/q;;;;2*+1;;;;-1/p-1/t2*19-;13-;;;;;;;/m000......./s1. The maximum absolute atomic E-state index is 12.1. The third kappa shape index (κ3) is 32.6. The van der Waals surface area contributed by atoms with Gasteiger partial charge in [-0.25, -0.2) is 9.59 Å². The van der Waals surface area contributed by atoms with Crippen LogP contribution in [0.1, 0.15) is 114 Å². The molecule has 3 saturated heterocycles. The van der Waals surface area contributed by atoms with Crippen LogP contribution >= 0.6 is 0 Å². The minimum absolute atomic E-state index is 0. The molecule has 0 aromatic heterocycles. The molecule has 0 aliphatic carbocycles. The average Bonchev–Trinajstić information content (AvgIpc) is 4.49. The molecule has 447 valence electrons. The quantitative estimate of drug-likeness (QED) is 0.0627. The first-order valence-electron chi connectivity index (χ1n) is 26.0. The van der Waals surface area contributed by atoms with Gasteiger partial charge in [-0.15, -0.1) is 0 Å². The first-order chi connectivity index (χ1) is 39.2. The van der Waals surface area contributed by atoms with E-state index in [2.05, 4.69) is 120 Å². The van der Waals surface area contributed by atoms with E-state index in [1.54, 1.807) is 63.0 Å². The number of anilines is 3. The molecule has 3 fully saturated rings. The van der Waals surface area contributed by atoms with E-state index in [1.807, 2.05) is 36.4 Å². The summed E-state index contributed by atoms with van der Waals surface area (Å²) in [5, 5.41) is 27.6. The van der Waals surface area contributed by atoms with E-state index in [0.29, 0.717) is 30.4 Å². The van der Waals surface area contributed by atoms with E-state index < -0.39 is 0 Å². The summed E-state index contributed by atoms with van der Waals surface area (Å²) in [4.78, 5) is 42.4. The van der Waals surface area contributed by atoms with E-state index in [0.717, 1.165) is 62.2 Å². The van der Waals surface area contributed by atoms with Gasteiger partial charge in [0, 0.05) is 227 Å². The van der Waals surface area contributed by atoms with Crippen LogP contribution in [0.2, 0.25) is 0 Å². The maximum Gasteiger partial charge on any atom is 1.00 e. The van der Waals surface area contributed by atoms with Crippen LogP contribution in [0, 0.1) is 0 Å². The van der Waals surface area contributed by atoms with Crippen molar-refractivity contribution in [2.24, 2.45) is 0 Å². The Bertz CT molecular complexity index is 2980. The smallest absolute Gasteiger partial charge is 1.00 e. The second-order valence-electron chi connectivity index (χ2n) is 18.1. The Morgan fingerprint density at radius 3 is 1.08 bits per heavy atom. The molecule has 0 unspecified atom stereocenters. The summed E-state index contributed by atoms with van der Waals surface area (Å²) in [6.07, 6.45) is 9.98. The largest absolute Gasteiger partial charge is 1.00 e. The molecule has 0 spiro atoms. The third-order valence-electron chi connectivity index (χ3n) is 13.1. The number of carbonyl (C=O) groups excluding carboxylic acids is 3. The summed E-state index contributed by atoms with van der Waals surface area (Å²) in [6, 6.07) is 43.0. The number of aliphatic hydroxyl groups is 3. The number of carbonyl (C=O) groups is 3. The van der Waals surface area contributed by atoms with Crippen LogP contribution in [0.3, 0.4) is 0 Å². The molecule has 5 aromatic carbocycles. The van der Waals surface area contributed by atoms with Gasteiger partial charge >= 0.3 is 71.1 Å². The summed E-state index contributed by atoms with van der Waals surface area (Å²) in [6.45, 7) is 7.52. The molecule has 84 heavy (non-hydrogen) atoms. The first-order valence-corrected chi connectivity index (χ1v) is 40.7. The minimum Gasteiger partial charge on any atom is -1.00 e. The van der Waals surface area contributed by atoms with Crippen LogP contribution in [0.4, 0.5) is 17.1 Å². The van der Waals surface area contributed by atoms with Gasteiger partial charge in [0.1, 0.15) is 6.29 Å². The van der Waals surface area contributed by atoms with Crippen molar-refractivity contribution < 1.29 is 105 Å². The Morgan fingerprint density at radius 2 is 0.774 bits per heavy atom. The van der Waals surface area contributed by atoms with Crippen LogP contribution in [0.15, 0.2) is 133 Å². The summed E-state index contributed by atoms with van der Waals surface area (Å²) in [5.41, 5.74) is 8.04. The molecule has 12 nitrogen and oxygen atoms in total. The Labute approximate surface area is 589 Å². The van der Waals surface area contributed by atoms with Crippen LogP contribution < -0.4 is 73.8 Å². The number of hydrogen-bond donors (Lipinski definition) is 3. The number of hydrogen-bond acceptors (Lipinski definition) is 16. The fourth-order valence-corrected chi connectivity index (χ4v) is 22.7. The van der Waals surface area contributed by atoms with Crippen molar-refractivity contribution in [3.63, 3.8) is 0 Å². The fraction of sp³-hybridized carbons (Fsp3) is 0.411. The zero-order valence-electron chi connectivity index (χ0n) is 48.2. The molecule has 0 saturated carbocycles. The van der Waals surface area contributed by atoms with E-state index in [9.17, 15) is 24.6 Å². The molecule has 3 aliphatic rings. The van der Waals surface area contributed by atoms with Gasteiger partial charge in [0.15, 0.2) is 0 Å². The summed E-state index contributed by atoms with van der Waals surface area (Å²) in [7, 11) is 13.0. The third-order valence-corrected chi connectivity index (χ3v) is 28.7. The summed E-state index contributed by atoms with van der Waals surface area (Å²) < 4.78 is 10.9. The Kier molecular flexibility index (Phi) is 51.9. The predicted molar refractivity (Wildman–Crippen MR) is 371 cm³/mol. The molecule has 3 radical (unpaired) electrons. The van der Waals surface area contributed by atoms with Gasteiger partial charge in [-0.05, 0) is 129 Å². The van der Waals surface area contributed by atoms with Gasteiger partial charge in [-0.1, -0.05) is 72.8 Å². The number of nitrogens with zero attached hydrogens (tertiary/aromatic N) is 3. The Hall–Kier alpha value is -1.13. The van der Waals surface area contributed by atoms with Crippen molar-refractivity contribution in [2.45, 2.75) is 75.5 Å². The second-order valence-corrected chi connectivity index (χ2v) is 34.0. The van der Waals surface area contributed by atoms with Crippen LogP contribution in [0.5, 0.6) is 0 Å². The zero-order valence-corrected chi connectivity index (χ0v) is 61.8. The summed E-state index contributed by atoms with van der Waals surface area (Å²) >= 11 is 18.2. The number of aldehydes is 1. The van der Waals surface area contributed by atoms with Crippen molar-refractivity contribution in [3.05, 3.63) is 161 Å². The van der Waals surface area contributed by atoms with Crippen molar-refractivity contribution >= 4 is 168 Å². The number of esters is 2. The van der Waals surface area contributed by atoms with Gasteiger partial charge in [-0.3, -0.25) is 0 Å². The topological polar surface area (TPSA) is 170 Å². The van der Waals surface area contributed by atoms with Crippen molar-refractivity contribution in [1.29, 1.82) is 0 Å². The predicted octanol–water partition coefficient (Wildman–Crippen LogP) is 2.70. The number of aliphatic hydroxyl groups excluding tert-OH is 3. The molecule has 28 heteroatoms. The second kappa shape index (κ2) is 52.6. The van der Waals surface area contributed by atoms with Gasteiger partial charge in [0.25, 0.3) is 0 Å². The SMILES string of the molecule is O=C(OC[C@H](CCO)c1ccc(N2CCCC2)cc1)c1ccccc1.O=CC[C@@H](COC(=O)c1ccccc1)c1ccc(N2CCCC2)cc1.OCC[C@@H](CO)c1ccc(N2CCCC2)cc1.S=S=S=S=S=S.S=S=S=S=S=S=S.[B].[H-].[Na+].[Na+].[OH-]. The Balaban J connectivity index is 0. The molecule has 0 bridgehead atoms. The van der Waals surface area contributed by atoms with E-state index in [4.69, 9.17) is 14.6 Å². The van der Waals surface area contributed by atoms with E-state index in [1.165, 1.54) is 109 Å². The zero-order chi connectivity index (χ0) is 57.4. The fourth-order valence-electron chi connectivity index (χ4n) is 8.96. The van der Waals surface area contributed by atoms with Gasteiger partial charge < -0.3 is 51.2 Å². The van der Waals surface area contributed by atoms with Gasteiger partial charge in [0.2, 0.25) is 0 Å². The molecule has 0 amide bonds. The first kappa shape index (κ1) is 82.9. The summed E-state index contributed by atoms with van der Waals surface area (Å²) in [5.74, 6) is -0.724. The maximum atomic E-state index is 12.1. The molecule has 4 N–H and O–H groups in total. The van der Waals surface area contributed by atoms with Crippen molar-refractivity contribution in [2.75, 3.05) is 87.0 Å². The minimum atomic E-state index is -0.356. The molecule has 3 atom stereocenters. The molecular weight excluding hydrogens is 1330 g/mol. The average molecular weight is 1400 g/mol. The van der Waals surface area contributed by atoms with Crippen LogP contribution in [0.25, 0.3) is 0 Å². The van der Waals surface area contributed by atoms with Crippen molar-refractivity contribution in [3.8, 4) is 0 Å². The molecule has 5 aromatic rings. The van der Waals surface area contributed by atoms with E-state index >= 15 is 0 Å². The van der Waals surface area contributed by atoms with Gasteiger partial charge in [-0.2, -0.15) is 0 Å². The molecule has 3 heterocycles. The number of benzene rings is 5. The van der Waals surface area contributed by atoms with E-state index in [-0.39, 0.29) is 137 Å². The monoisotopic (exact) mass is 1400 g/mol. The normalized spacial score (nSPS) is 13.4. The number of ether oxygens (including phenoxy) is 2. The van der Waals surface area contributed by atoms with Crippen LogP contribution in [-0.2, 0) is 139 Å². The molecular formula is C56H71BN3Na2O9S13. The van der Waals surface area contributed by atoms with Crippen LogP contribution in [-0.4, -0.2) is 120 Å². The molecule has 3 aliphatic heterocycles. The van der Waals surface area contributed by atoms with Crippen molar-refractivity contribution in [1.82, 2.24) is 0 Å².